The largest absolute Gasteiger partial charge is 0.324 e. The number of fused-ring (bicyclic) bond motifs is 20. The van der Waals surface area contributed by atoms with Crippen molar-refractivity contribution in [2.45, 2.75) is 205 Å². The number of rotatable bonds is 56. The van der Waals surface area contributed by atoms with Crippen molar-refractivity contribution in [3.8, 4) is 45.6 Å². The number of H-pyrrole nitrogens is 2. The van der Waals surface area contributed by atoms with E-state index in [4.69, 9.17) is 29.9 Å². The predicted molar refractivity (Wildman–Crippen MR) is 536 cm³/mol. The van der Waals surface area contributed by atoms with Gasteiger partial charge in [-0.2, -0.15) is 0 Å². The van der Waals surface area contributed by atoms with Crippen molar-refractivity contribution in [3.05, 3.63) is 48.5 Å². The van der Waals surface area contributed by atoms with Gasteiger partial charge in [-0.15, -0.1) is 94.1 Å². The Kier molecular flexibility index (Phi) is 39.0. The second-order valence-corrected chi connectivity index (χ2v) is 43.0. The molecule has 0 amide bonds. The van der Waals surface area contributed by atoms with Crippen molar-refractivity contribution in [2.75, 3.05) is 255 Å². The first kappa shape index (κ1) is 100. The van der Waals surface area contributed by atoms with E-state index in [0.717, 1.165) is 358 Å². The van der Waals surface area contributed by atoms with Gasteiger partial charge in [0.2, 0.25) is 0 Å². The van der Waals surface area contributed by atoms with E-state index in [1.165, 1.54) is 39.2 Å². The van der Waals surface area contributed by atoms with Crippen molar-refractivity contribution >= 4 is 138 Å². The molecule has 2 aliphatic heterocycles. The lowest BCUT2D eigenvalue weighted by Gasteiger charge is -2.36. The van der Waals surface area contributed by atoms with Gasteiger partial charge in [-0.25, -0.2) is 29.9 Å². The highest BCUT2D eigenvalue weighted by molar-refractivity contribution is 8.03. The number of nitrogens with one attached hydrogen (secondary N) is 2. The first-order valence-electron chi connectivity index (χ1n) is 47.3. The van der Waals surface area contributed by atoms with Crippen LogP contribution in [0.4, 0.5) is 0 Å². The van der Waals surface area contributed by atoms with Crippen LogP contribution in [0.3, 0.4) is 0 Å². The molecule has 7 aromatic rings. The van der Waals surface area contributed by atoms with Crippen LogP contribution < -0.4 is 0 Å². The molecule has 120 heavy (non-hydrogen) atoms. The van der Waals surface area contributed by atoms with Crippen LogP contribution in [-0.2, 0) is 0 Å². The Morgan fingerprint density at radius 3 is 0.433 bits per heavy atom. The Balaban J connectivity index is 1.46. The highest BCUT2D eigenvalue weighted by Crippen LogP contribution is 2.48. The molecule has 666 valence electrons. The fourth-order valence-corrected chi connectivity index (χ4v) is 28.9. The lowest BCUT2D eigenvalue weighted by atomic mass is 10.1. The highest BCUT2D eigenvalue weighted by Gasteiger charge is 2.33. The highest BCUT2D eigenvalue weighted by atomic mass is 32.2. The fourth-order valence-electron chi connectivity index (χ4n) is 18.7. The van der Waals surface area contributed by atoms with E-state index in [2.05, 4.69) is 225 Å². The predicted octanol–water partition coefficient (Wildman–Crippen LogP) is 22.6. The molecule has 9 rings (SSSR count). The third-order valence-corrected chi connectivity index (χ3v) is 39.6. The van der Waals surface area contributed by atoms with Crippen LogP contribution in [0.5, 0.6) is 0 Å². The van der Waals surface area contributed by atoms with E-state index >= 15 is 0 Å². The number of hydrogen-bond donors (Lipinski definition) is 2. The summed E-state index contributed by atoms with van der Waals surface area (Å²) >= 11 is 16.2. The summed E-state index contributed by atoms with van der Waals surface area (Å²) < 4.78 is 8.78. The normalized spacial score (nSPS) is 13.3. The summed E-state index contributed by atoms with van der Waals surface area (Å²) in [7, 11) is 0. The molecular weight excluding hydrogens is 1630 g/mol. The zero-order valence-corrected chi connectivity index (χ0v) is 86.0. The zero-order valence-electron chi connectivity index (χ0n) is 79.4. The van der Waals surface area contributed by atoms with Gasteiger partial charge in [-0.1, -0.05) is 0 Å². The topological polar surface area (TPSA) is 109 Å². The minimum Gasteiger partial charge on any atom is -0.324 e. The summed E-state index contributed by atoms with van der Waals surface area (Å²) in [6.45, 7) is 92.8. The molecule has 2 N–H and O–H groups in total. The molecule has 0 radical (unpaired) electrons. The van der Waals surface area contributed by atoms with Crippen molar-refractivity contribution < 1.29 is 35.9 Å². The van der Waals surface area contributed by atoms with Gasteiger partial charge in [0.05, 0.1) is 209 Å². The molecule has 5 heterocycles. The number of nitrogens with zero attached hydrogens (tertiary/aromatic N) is 14. The standard InChI is InChI=1S/C96H162N16S8/c1-25-105(26-2,27-3)49-57-113-81-65-73-74(66-82(81)114-58-50-106(28-4,29-5)30-6)90-97-89(73)101-91-75-67-83(115-59-51-107(31-7,32-8)33-9)84(116-60-52-108(34-10,35-11)36-12)68-76(75)93(98-91)103-95-79-71-87(119-63-55-111(43-19,44-20)45-21)88(120-64-56-112(46-22,47-23)48-24)72-80(79)96(100-95)104-94-78-70-86(118-62-54-110(40-16,41-17)42-18)85(69-77(78)92(99-94)102-90)117-61-53-109(37-13,38-14)39-15/h65-72H,25-64H2,1-24H3,(H2,97,98,99,100,101,102,103,104)/q+8. The van der Waals surface area contributed by atoms with Gasteiger partial charge >= 0.3 is 0 Å². The number of thioether (sulfide) groups is 8. The van der Waals surface area contributed by atoms with Gasteiger partial charge in [-0.05, 0) is 215 Å². The van der Waals surface area contributed by atoms with Crippen molar-refractivity contribution in [2.24, 2.45) is 0 Å². The smallest absolute Gasteiger partial charge is 0.164 e. The van der Waals surface area contributed by atoms with Gasteiger partial charge in [0.1, 0.15) is 22.6 Å². The molecule has 0 unspecified atom stereocenters. The summed E-state index contributed by atoms with van der Waals surface area (Å²) in [5.74, 6) is 10.7. The average Bonchev–Trinajstić information content (AvgIpc) is 1.59. The third kappa shape index (κ3) is 23.2. The van der Waals surface area contributed by atoms with E-state index < -0.39 is 0 Å². The fraction of sp³-hybridized carbons (Fsp3) is 0.667. The van der Waals surface area contributed by atoms with Gasteiger partial charge in [0, 0.05) is 129 Å². The van der Waals surface area contributed by atoms with Gasteiger partial charge in [0.15, 0.2) is 23.3 Å². The summed E-state index contributed by atoms with van der Waals surface area (Å²) in [5.41, 5.74) is 7.05. The molecule has 24 heteroatoms. The Morgan fingerprint density at radius 1 is 0.183 bits per heavy atom. The molecule has 0 fully saturated rings. The Bertz CT molecular complexity index is 3960. The van der Waals surface area contributed by atoms with Gasteiger partial charge in [0.25, 0.3) is 0 Å². The minimum atomic E-state index is 0.663. The quantitative estimate of drug-likeness (QED) is 0.0279. The maximum atomic E-state index is 6.00. The molecule has 0 spiro atoms. The van der Waals surface area contributed by atoms with Crippen molar-refractivity contribution in [1.82, 2.24) is 39.9 Å². The molecule has 0 saturated heterocycles. The minimum absolute atomic E-state index is 0.663. The molecule has 0 atom stereocenters. The lowest BCUT2D eigenvalue weighted by molar-refractivity contribution is -0.920. The van der Waals surface area contributed by atoms with E-state index in [0.29, 0.717) is 23.3 Å². The van der Waals surface area contributed by atoms with Crippen LogP contribution in [-0.4, -0.2) is 331 Å². The Hall–Kier alpha value is -3.28. The number of benzene rings is 4. The molecule has 0 aliphatic carbocycles. The van der Waals surface area contributed by atoms with Crippen LogP contribution in [0.2, 0.25) is 0 Å². The Labute approximate surface area is 762 Å². The molecule has 2 aliphatic rings. The van der Waals surface area contributed by atoms with Crippen LogP contribution in [0, 0.1) is 0 Å². The van der Waals surface area contributed by atoms with Crippen LogP contribution in [0.25, 0.3) is 89.7 Å². The van der Waals surface area contributed by atoms with E-state index in [1.807, 2.05) is 94.1 Å². The van der Waals surface area contributed by atoms with Crippen molar-refractivity contribution in [3.63, 3.8) is 0 Å². The molecule has 8 bridgehead atoms. The number of quaternary nitrogens is 8. The summed E-state index contributed by atoms with van der Waals surface area (Å²) in [5, 5.41) is 4.16. The number of aromatic amines is 2. The first-order valence-corrected chi connectivity index (χ1v) is 55.2. The number of aromatic nitrogens is 8. The maximum absolute atomic E-state index is 6.00. The van der Waals surface area contributed by atoms with Gasteiger partial charge < -0.3 is 45.8 Å². The summed E-state index contributed by atoms with van der Waals surface area (Å²) in [6, 6.07) is 19.8. The second-order valence-electron chi connectivity index (χ2n) is 33.9. The average molecular weight is 1800 g/mol. The van der Waals surface area contributed by atoms with E-state index in [-0.39, 0.29) is 0 Å². The summed E-state index contributed by atoms with van der Waals surface area (Å²) in [6.07, 6.45) is 0. The zero-order chi connectivity index (χ0) is 87.1. The van der Waals surface area contributed by atoms with E-state index in [1.54, 1.807) is 0 Å². The molecule has 3 aromatic heterocycles. The third-order valence-electron chi connectivity index (χ3n) is 30.8. The van der Waals surface area contributed by atoms with Crippen LogP contribution in [0.15, 0.2) is 87.7 Å². The lowest BCUT2D eigenvalue weighted by Crippen LogP contribution is -2.49. The van der Waals surface area contributed by atoms with E-state index in [9.17, 15) is 0 Å². The van der Waals surface area contributed by atoms with Crippen LogP contribution >= 0.6 is 94.1 Å². The second kappa shape index (κ2) is 46.6. The first-order chi connectivity index (χ1) is 57.9. The number of hydrogen-bond acceptors (Lipinski definition) is 14. The SMILES string of the molecule is CC[N+](CC)(CC)CCSc1cc2c(cc1SCC[N+](CC)(CC)CC)-c1nc-2nc2[nH]c(nc3nc(nc4[nH]c(n1)c1cc(SCC[N+](CC)(CC)CC)c(SCC[N+](CC)(CC)CC)cc41)-c1cc(SCC[N+](CC)(CC)CC)c(SCC[N+](CC)(CC)CC)cc1-3)c1cc(SCC[N+](CC)(CC)CC)c(SCC[N+](CC)(CC)CC)cc21. The maximum Gasteiger partial charge on any atom is 0.164 e. The van der Waals surface area contributed by atoms with Gasteiger partial charge in [-0.3, -0.25) is 0 Å². The molecule has 0 saturated carbocycles. The Morgan fingerprint density at radius 2 is 0.308 bits per heavy atom. The molecular formula is C96H162N16S8+8. The molecule has 4 aromatic carbocycles. The van der Waals surface area contributed by atoms with Crippen molar-refractivity contribution in [1.29, 1.82) is 0 Å². The monoisotopic (exact) mass is 1800 g/mol. The summed E-state index contributed by atoms with van der Waals surface area (Å²) in [4.78, 5) is 54.2. The molecule has 16 nitrogen and oxygen atoms in total. The van der Waals surface area contributed by atoms with Crippen LogP contribution in [0.1, 0.15) is 166 Å².